The van der Waals surface area contributed by atoms with Crippen LogP contribution in [0.4, 0.5) is 5.69 Å². The molecule has 6 heteroatoms. The predicted octanol–water partition coefficient (Wildman–Crippen LogP) is 3.46. The summed E-state index contributed by atoms with van der Waals surface area (Å²) in [6.45, 7) is 2.34. The molecule has 2 fully saturated rings. The molecule has 2 aromatic carbocycles. The van der Waals surface area contributed by atoms with Crippen LogP contribution in [0.3, 0.4) is 0 Å². The Kier molecular flexibility index (Phi) is 4.41. The Morgan fingerprint density at radius 3 is 2.57 bits per heavy atom. The number of amides is 1. The van der Waals surface area contributed by atoms with Crippen molar-refractivity contribution in [2.45, 2.75) is 25.3 Å². The van der Waals surface area contributed by atoms with Gasteiger partial charge in [0.2, 0.25) is 11.8 Å². The van der Waals surface area contributed by atoms with Gasteiger partial charge in [0, 0.05) is 24.6 Å². The normalized spacial score (nSPS) is 17.9. The standard InChI is InChI=1S/C22H22N4O2/c27-21-15-25(14-20-23-22(28-24-20)17-10-11-17)12-13-26(21)19-9-5-4-8-18(19)16-6-2-1-3-7-16/h1-9,17H,10-15H2. The summed E-state index contributed by atoms with van der Waals surface area (Å²) in [5.74, 6) is 1.97. The van der Waals surface area contributed by atoms with Crippen LogP contribution in [0.5, 0.6) is 0 Å². The van der Waals surface area contributed by atoms with Gasteiger partial charge in [-0.25, -0.2) is 0 Å². The Labute approximate surface area is 163 Å². The molecule has 6 nitrogen and oxygen atoms in total. The fourth-order valence-electron chi connectivity index (χ4n) is 3.71. The lowest BCUT2D eigenvalue weighted by Gasteiger charge is -2.34. The number of aromatic nitrogens is 2. The van der Waals surface area contributed by atoms with Crippen LogP contribution in [0.25, 0.3) is 11.1 Å². The Bertz CT molecular complexity index is 981. The molecule has 28 heavy (non-hydrogen) atoms. The van der Waals surface area contributed by atoms with Gasteiger partial charge in [0.1, 0.15) is 0 Å². The van der Waals surface area contributed by atoms with E-state index in [1.807, 2.05) is 41.3 Å². The summed E-state index contributed by atoms with van der Waals surface area (Å²) in [6, 6.07) is 18.3. The number of carbonyl (C=O) groups is 1. The summed E-state index contributed by atoms with van der Waals surface area (Å²) in [7, 11) is 0. The van der Waals surface area contributed by atoms with Gasteiger partial charge in [-0.3, -0.25) is 9.69 Å². The molecule has 1 aliphatic heterocycles. The maximum atomic E-state index is 12.9. The summed E-state index contributed by atoms with van der Waals surface area (Å²) in [4.78, 5) is 21.4. The van der Waals surface area contributed by atoms with Crippen molar-refractivity contribution in [2.75, 3.05) is 24.5 Å². The fourth-order valence-corrected chi connectivity index (χ4v) is 3.71. The topological polar surface area (TPSA) is 62.5 Å². The van der Waals surface area contributed by atoms with Crippen molar-refractivity contribution in [1.82, 2.24) is 15.0 Å². The molecule has 2 aliphatic rings. The Morgan fingerprint density at radius 2 is 1.79 bits per heavy atom. The molecular formula is C22H22N4O2. The molecule has 0 spiro atoms. The van der Waals surface area contributed by atoms with Gasteiger partial charge in [0.15, 0.2) is 5.82 Å². The maximum absolute atomic E-state index is 12.9. The first-order valence-electron chi connectivity index (χ1n) is 9.77. The van der Waals surface area contributed by atoms with Crippen LogP contribution < -0.4 is 4.90 Å². The lowest BCUT2D eigenvalue weighted by Crippen LogP contribution is -2.50. The molecule has 1 aromatic heterocycles. The number of hydrogen-bond acceptors (Lipinski definition) is 5. The quantitative estimate of drug-likeness (QED) is 0.684. The molecule has 1 saturated carbocycles. The van der Waals surface area contributed by atoms with Crippen LogP contribution in [-0.2, 0) is 11.3 Å². The molecule has 0 radical (unpaired) electrons. The average molecular weight is 374 g/mol. The Morgan fingerprint density at radius 1 is 1.00 bits per heavy atom. The van der Waals surface area contributed by atoms with E-state index in [1.165, 1.54) is 0 Å². The summed E-state index contributed by atoms with van der Waals surface area (Å²) < 4.78 is 5.33. The molecule has 5 rings (SSSR count). The molecule has 2 heterocycles. The predicted molar refractivity (Wildman–Crippen MR) is 106 cm³/mol. The number of hydrogen-bond donors (Lipinski definition) is 0. The molecule has 0 bridgehead atoms. The van der Waals surface area contributed by atoms with Crippen molar-refractivity contribution in [2.24, 2.45) is 0 Å². The number of benzene rings is 2. The van der Waals surface area contributed by atoms with Gasteiger partial charge in [-0.15, -0.1) is 0 Å². The van der Waals surface area contributed by atoms with E-state index in [4.69, 9.17) is 4.52 Å². The molecule has 0 unspecified atom stereocenters. The van der Waals surface area contributed by atoms with Crippen LogP contribution in [0.15, 0.2) is 59.1 Å². The van der Waals surface area contributed by atoms with Gasteiger partial charge in [0.05, 0.1) is 18.8 Å². The third kappa shape index (κ3) is 3.43. The van der Waals surface area contributed by atoms with Gasteiger partial charge in [-0.05, 0) is 24.5 Å². The minimum absolute atomic E-state index is 0.0977. The SMILES string of the molecule is O=C1CN(Cc2noc(C3CC3)n2)CCN1c1ccccc1-c1ccccc1. The smallest absolute Gasteiger partial charge is 0.241 e. The zero-order valence-corrected chi connectivity index (χ0v) is 15.6. The zero-order chi connectivity index (χ0) is 18.9. The van der Waals surface area contributed by atoms with Crippen molar-refractivity contribution in [3.63, 3.8) is 0 Å². The highest BCUT2D eigenvalue weighted by molar-refractivity contribution is 5.99. The minimum atomic E-state index is 0.0977. The van der Waals surface area contributed by atoms with E-state index in [9.17, 15) is 4.79 Å². The minimum Gasteiger partial charge on any atom is -0.339 e. The number of rotatable bonds is 5. The van der Waals surface area contributed by atoms with E-state index in [2.05, 4.69) is 33.2 Å². The number of para-hydroxylation sites is 1. The van der Waals surface area contributed by atoms with Gasteiger partial charge in [-0.2, -0.15) is 4.98 Å². The molecule has 0 atom stereocenters. The van der Waals surface area contributed by atoms with Crippen molar-refractivity contribution in [3.8, 4) is 11.1 Å². The lowest BCUT2D eigenvalue weighted by atomic mass is 10.0. The summed E-state index contributed by atoms with van der Waals surface area (Å²) in [6.07, 6.45) is 2.28. The third-order valence-electron chi connectivity index (χ3n) is 5.35. The Balaban J connectivity index is 1.30. The van der Waals surface area contributed by atoms with E-state index in [-0.39, 0.29) is 5.91 Å². The molecule has 3 aromatic rings. The number of piperazine rings is 1. The zero-order valence-electron chi connectivity index (χ0n) is 15.6. The highest BCUT2D eigenvalue weighted by Gasteiger charge is 2.31. The van der Waals surface area contributed by atoms with Crippen LogP contribution >= 0.6 is 0 Å². The second-order valence-corrected chi connectivity index (χ2v) is 7.46. The monoisotopic (exact) mass is 374 g/mol. The van der Waals surface area contributed by atoms with Gasteiger partial charge >= 0.3 is 0 Å². The molecule has 1 aliphatic carbocycles. The first-order chi connectivity index (χ1) is 13.8. The van der Waals surface area contributed by atoms with Gasteiger partial charge in [-0.1, -0.05) is 53.7 Å². The first-order valence-corrected chi connectivity index (χ1v) is 9.77. The molecular weight excluding hydrogens is 352 g/mol. The molecule has 142 valence electrons. The van der Waals surface area contributed by atoms with Crippen LogP contribution in [0.1, 0.15) is 30.5 Å². The summed E-state index contributed by atoms with van der Waals surface area (Å²) >= 11 is 0. The van der Waals surface area contributed by atoms with Crippen LogP contribution in [-0.4, -0.2) is 40.6 Å². The van der Waals surface area contributed by atoms with Gasteiger partial charge < -0.3 is 9.42 Å². The van der Waals surface area contributed by atoms with E-state index >= 15 is 0 Å². The van der Waals surface area contributed by atoms with E-state index in [0.717, 1.165) is 42.1 Å². The second-order valence-electron chi connectivity index (χ2n) is 7.46. The third-order valence-corrected chi connectivity index (χ3v) is 5.35. The fraction of sp³-hybridized carbons (Fsp3) is 0.318. The van der Waals surface area contributed by atoms with Crippen molar-refractivity contribution in [3.05, 3.63) is 66.3 Å². The molecule has 1 saturated heterocycles. The van der Waals surface area contributed by atoms with Crippen LogP contribution in [0.2, 0.25) is 0 Å². The van der Waals surface area contributed by atoms with Crippen molar-refractivity contribution in [1.29, 1.82) is 0 Å². The molecule has 1 amide bonds. The summed E-state index contributed by atoms with van der Waals surface area (Å²) in [5, 5.41) is 4.07. The lowest BCUT2D eigenvalue weighted by molar-refractivity contribution is -0.121. The van der Waals surface area contributed by atoms with Gasteiger partial charge in [0.25, 0.3) is 0 Å². The largest absolute Gasteiger partial charge is 0.339 e. The number of nitrogens with zero attached hydrogens (tertiary/aromatic N) is 4. The van der Waals surface area contributed by atoms with E-state index < -0.39 is 0 Å². The van der Waals surface area contributed by atoms with Crippen molar-refractivity contribution >= 4 is 11.6 Å². The van der Waals surface area contributed by atoms with Crippen LogP contribution in [0, 0.1) is 0 Å². The van der Waals surface area contributed by atoms with E-state index in [1.54, 1.807) is 0 Å². The maximum Gasteiger partial charge on any atom is 0.241 e. The Hall–Kier alpha value is -2.99. The highest BCUT2D eigenvalue weighted by atomic mass is 16.5. The highest BCUT2D eigenvalue weighted by Crippen LogP contribution is 2.39. The number of carbonyl (C=O) groups excluding carboxylic acids is 1. The van der Waals surface area contributed by atoms with E-state index in [0.29, 0.717) is 31.4 Å². The summed E-state index contributed by atoms with van der Waals surface area (Å²) in [5.41, 5.74) is 3.17. The average Bonchev–Trinajstić information content (AvgIpc) is 3.48. The second kappa shape index (κ2) is 7.20. The molecule has 0 N–H and O–H groups in total. The number of anilines is 1. The first kappa shape index (κ1) is 17.1. The van der Waals surface area contributed by atoms with Crippen molar-refractivity contribution < 1.29 is 9.32 Å².